The van der Waals surface area contributed by atoms with Crippen LogP contribution in [0, 0.1) is 17.8 Å². The van der Waals surface area contributed by atoms with E-state index in [1.807, 2.05) is 4.68 Å². The van der Waals surface area contributed by atoms with Crippen LogP contribution in [-0.4, -0.2) is 15.8 Å². The van der Waals surface area contributed by atoms with E-state index in [1.165, 1.54) is 31.4 Å². The van der Waals surface area contributed by atoms with Crippen molar-refractivity contribution in [2.24, 2.45) is 23.5 Å². The lowest BCUT2D eigenvalue weighted by Crippen LogP contribution is -2.35. The maximum atomic E-state index is 6.43. The Kier molecular flexibility index (Phi) is 3.18. The van der Waals surface area contributed by atoms with Crippen molar-refractivity contribution in [3.8, 4) is 0 Å². The fourth-order valence-corrected chi connectivity index (χ4v) is 3.99. The van der Waals surface area contributed by atoms with Crippen molar-refractivity contribution in [1.29, 1.82) is 0 Å². The molecule has 3 nitrogen and oxygen atoms in total. The van der Waals surface area contributed by atoms with E-state index < -0.39 is 0 Å². The van der Waals surface area contributed by atoms with Crippen LogP contribution < -0.4 is 5.73 Å². The Morgan fingerprint density at radius 2 is 2.22 bits per heavy atom. The van der Waals surface area contributed by atoms with Crippen molar-refractivity contribution in [2.75, 3.05) is 0 Å². The van der Waals surface area contributed by atoms with E-state index in [4.69, 9.17) is 5.73 Å². The SMILES string of the molecule is CC(C)n1ccc(CC(N)C2CC3CCC2C3)n1. The number of aromatic nitrogens is 2. The average molecular weight is 247 g/mol. The first-order valence-electron chi connectivity index (χ1n) is 7.43. The molecular formula is C15H25N3. The van der Waals surface area contributed by atoms with Crippen molar-refractivity contribution < 1.29 is 0 Å². The second-order valence-electron chi connectivity index (χ2n) is 6.59. The Hall–Kier alpha value is -0.830. The van der Waals surface area contributed by atoms with E-state index in [0.29, 0.717) is 12.1 Å². The van der Waals surface area contributed by atoms with Crippen LogP contribution in [0.3, 0.4) is 0 Å². The summed E-state index contributed by atoms with van der Waals surface area (Å²) >= 11 is 0. The van der Waals surface area contributed by atoms with Crippen LogP contribution in [0.15, 0.2) is 12.3 Å². The van der Waals surface area contributed by atoms with Gasteiger partial charge in [-0.1, -0.05) is 6.42 Å². The largest absolute Gasteiger partial charge is 0.327 e. The van der Waals surface area contributed by atoms with Crippen LogP contribution in [0.2, 0.25) is 0 Å². The molecule has 2 saturated carbocycles. The molecule has 0 aromatic carbocycles. The molecule has 18 heavy (non-hydrogen) atoms. The summed E-state index contributed by atoms with van der Waals surface area (Å²) in [6, 6.07) is 2.89. The van der Waals surface area contributed by atoms with Crippen LogP contribution in [0.1, 0.15) is 51.3 Å². The van der Waals surface area contributed by atoms with Crippen molar-refractivity contribution in [3.63, 3.8) is 0 Å². The molecule has 1 aromatic rings. The minimum absolute atomic E-state index is 0.316. The van der Waals surface area contributed by atoms with Gasteiger partial charge in [-0.15, -0.1) is 0 Å². The Morgan fingerprint density at radius 1 is 1.39 bits per heavy atom. The molecule has 1 heterocycles. The second kappa shape index (κ2) is 4.69. The van der Waals surface area contributed by atoms with Crippen molar-refractivity contribution in [3.05, 3.63) is 18.0 Å². The lowest BCUT2D eigenvalue weighted by Gasteiger charge is -2.27. The van der Waals surface area contributed by atoms with Crippen LogP contribution in [0.5, 0.6) is 0 Å². The molecule has 100 valence electrons. The molecule has 0 aliphatic heterocycles. The summed E-state index contributed by atoms with van der Waals surface area (Å²) in [4.78, 5) is 0. The number of rotatable bonds is 4. The molecule has 2 aliphatic carbocycles. The summed E-state index contributed by atoms with van der Waals surface area (Å²) in [5.74, 6) is 2.66. The monoisotopic (exact) mass is 247 g/mol. The summed E-state index contributed by atoms with van der Waals surface area (Å²) in [6.07, 6.45) is 8.72. The topological polar surface area (TPSA) is 43.8 Å². The Labute approximate surface area is 110 Å². The molecule has 4 unspecified atom stereocenters. The van der Waals surface area contributed by atoms with Gasteiger partial charge in [0.25, 0.3) is 0 Å². The predicted octanol–water partition coefficient (Wildman–Crippen LogP) is 2.77. The molecular weight excluding hydrogens is 222 g/mol. The number of nitrogens with zero attached hydrogens (tertiary/aromatic N) is 2. The normalized spacial score (nSPS) is 32.3. The second-order valence-corrected chi connectivity index (χ2v) is 6.59. The first-order valence-corrected chi connectivity index (χ1v) is 7.43. The molecule has 2 N–H and O–H groups in total. The third-order valence-electron chi connectivity index (χ3n) is 4.98. The molecule has 0 spiro atoms. The predicted molar refractivity (Wildman–Crippen MR) is 73.2 cm³/mol. The summed E-state index contributed by atoms with van der Waals surface area (Å²) in [5.41, 5.74) is 7.60. The first-order chi connectivity index (χ1) is 8.63. The van der Waals surface area contributed by atoms with E-state index in [1.54, 1.807) is 0 Å². The highest BCUT2D eigenvalue weighted by atomic mass is 15.3. The summed E-state index contributed by atoms with van der Waals surface area (Å²) < 4.78 is 2.03. The first kappa shape index (κ1) is 12.2. The van der Waals surface area contributed by atoms with Crippen LogP contribution >= 0.6 is 0 Å². The Morgan fingerprint density at radius 3 is 2.78 bits per heavy atom. The van der Waals surface area contributed by atoms with Crippen molar-refractivity contribution >= 4 is 0 Å². The fraction of sp³-hybridized carbons (Fsp3) is 0.800. The fourth-order valence-electron chi connectivity index (χ4n) is 3.99. The number of hydrogen-bond acceptors (Lipinski definition) is 2. The Balaban J connectivity index is 1.61. The van der Waals surface area contributed by atoms with Crippen LogP contribution in [-0.2, 0) is 6.42 Å². The minimum atomic E-state index is 0.316. The van der Waals surface area contributed by atoms with E-state index in [2.05, 4.69) is 31.2 Å². The summed E-state index contributed by atoms with van der Waals surface area (Å²) in [5, 5.41) is 4.62. The van der Waals surface area contributed by atoms with E-state index in [9.17, 15) is 0 Å². The third-order valence-corrected chi connectivity index (χ3v) is 4.98. The van der Waals surface area contributed by atoms with Gasteiger partial charge in [-0.25, -0.2) is 0 Å². The lowest BCUT2D eigenvalue weighted by atomic mass is 9.82. The number of fused-ring (bicyclic) bond motifs is 2. The highest BCUT2D eigenvalue weighted by Gasteiger charge is 2.42. The summed E-state index contributed by atoms with van der Waals surface area (Å²) in [6.45, 7) is 4.32. The molecule has 2 fully saturated rings. The molecule has 3 rings (SSSR count). The quantitative estimate of drug-likeness (QED) is 0.889. The zero-order valence-corrected chi connectivity index (χ0v) is 11.5. The average Bonchev–Trinajstić information content (AvgIpc) is 3.03. The molecule has 3 heteroatoms. The minimum Gasteiger partial charge on any atom is -0.327 e. The van der Waals surface area contributed by atoms with E-state index >= 15 is 0 Å². The smallest absolute Gasteiger partial charge is 0.0640 e. The lowest BCUT2D eigenvalue weighted by molar-refractivity contribution is 0.279. The van der Waals surface area contributed by atoms with Gasteiger partial charge in [0.15, 0.2) is 0 Å². The third kappa shape index (κ3) is 2.20. The highest BCUT2D eigenvalue weighted by molar-refractivity contribution is 5.05. The van der Waals surface area contributed by atoms with Gasteiger partial charge in [-0.3, -0.25) is 4.68 Å². The maximum absolute atomic E-state index is 6.43. The zero-order valence-electron chi connectivity index (χ0n) is 11.5. The van der Waals surface area contributed by atoms with Crippen molar-refractivity contribution in [1.82, 2.24) is 9.78 Å². The van der Waals surface area contributed by atoms with Gasteiger partial charge in [0.1, 0.15) is 0 Å². The number of hydrogen-bond donors (Lipinski definition) is 1. The molecule has 2 aliphatic rings. The van der Waals surface area contributed by atoms with Crippen molar-refractivity contribution in [2.45, 2.75) is 58.0 Å². The zero-order chi connectivity index (χ0) is 12.7. The van der Waals surface area contributed by atoms with Crippen LogP contribution in [0.4, 0.5) is 0 Å². The van der Waals surface area contributed by atoms with E-state index in [0.717, 1.165) is 24.2 Å². The van der Waals surface area contributed by atoms with Gasteiger partial charge in [0.05, 0.1) is 5.69 Å². The summed E-state index contributed by atoms with van der Waals surface area (Å²) in [7, 11) is 0. The van der Waals surface area contributed by atoms with Gasteiger partial charge >= 0.3 is 0 Å². The van der Waals surface area contributed by atoms with Gasteiger partial charge in [0, 0.05) is 24.7 Å². The standard InChI is InChI=1S/C15H25N3/c1-10(2)18-6-5-13(17-18)9-15(16)14-8-11-3-4-12(14)7-11/h5-6,10-12,14-15H,3-4,7-9,16H2,1-2H3. The van der Waals surface area contributed by atoms with Crippen LogP contribution in [0.25, 0.3) is 0 Å². The van der Waals surface area contributed by atoms with Gasteiger partial charge in [-0.05, 0) is 56.9 Å². The highest BCUT2D eigenvalue weighted by Crippen LogP contribution is 2.49. The molecule has 0 saturated heterocycles. The molecule has 4 atom stereocenters. The molecule has 2 bridgehead atoms. The number of nitrogens with two attached hydrogens (primary N) is 1. The Bertz CT molecular complexity index is 410. The van der Waals surface area contributed by atoms with E-state index in [-0.39, 0.29) is 0 Å². The molecule has 1 aromatic heterocycles. The van der Waals surface area contributed by atoms with Gasteiger partial charge in [-0.2, -0.15) is 5.10 Å². The maximum Gasteiger partial charge on any atom is 0.0640 e. The van der Waals surface area contributed by atoms with Gasteiger partial charge < -0.3 is 5.73 Å². The van der Waals surface area contributed by atoms with Gasteiger partial charge in [0.2, 0.25) is 0 Å². The molecule has 0 amide bonds. The molecule has 0 radical (unpaired) electrons.